The summed E-state index contributed by atoms with van der Waals surface area (Å²) in [5, 5.41) is 3.21. The lowest BCUT2D eigenvalue weighted by atomic mass is 10.1. The molecule has 0 unspecified atom stereocenters. The van der Waals surface area contributed by atoms with E-state index in [0.717, 1.165) is 4.31 Å². The van der Waals surface area contributed by atoms with Gasteiger partial charge < -0.3 is 5.32 Å². The first-order chi connectivity index (χ1) is 9.56. The summed E-state index contributed by atoms with van der Waals surface area (Å²) in [5.74, 6) is -0.332. The largest absolute Gasteiger partial charge is 0.350 e. The monoisotopic (exact) mass is 332 g/mol. The summed E-state index contributed by atoms with van der Waals surface area (Å²) in [6.07, 6.45) is 0. The minimum Gasteiger partial charge on any atom is -0.350 e. The molecule has 1 rings (SSSR count). The Bertz CT molecular complexity index is 592. The lowest BCUT2D eigenvalue weighted by molar-refractivity contribution is -0.122. The molecule has 0 atom stereocenters. The van der Waals surface area contributed by atoms with Crippen molar-refractivity contribution < 1.29 is 13.2 Å². The normalized spacial score (nSPS) is 12.5. The van der Waals surface area contributed by atoms with Crippen molar-refractivity contribution in [3.8, 4) is 0 Å². The number of amides is 1. The van der Waals surface area contributed by atoms with Gasteiger partial charge in [-0.3, -0.25) is 4.79 Å². The van der Waals surface area contributed by atoms with Gasteiger partial charge in [-0.25, -0.2) is 8.42 Å². The fourth-order valence-electron chi connectivity index (χ4n) is 1.74. The molecular weight excluding hydrogens is 312 g/mol. The van der Waals surface area contributed by atoms with Gasteiger partial charge in [0.05, 0.1) is 11.4 Å². The van der Waals surface area contributed by atoms with Gasteiger partial charge in [-0.1, -0.05) is 18.5 Å². The molecule has 7 heteroatoms. The van der Waals surface area contributed by atoms with Crippen molar-refractivity contribution >= 4 is 27.5 Å². The summed E-state index contributed by atoms with van der Waals surface area (Å²) in [7, 11) is -3.70. The van der Waals surface area contributed by atoms with Crippen LogP contribution in [0, 0.1) is 0 Å². The Morgan fingerprint density at radius 2 is 1.76 bits per heavy atom. The number of hydrogen-bond acceptors (Lipinski definition) is 3. The van der Waals surface area contributed by atoms with Crippen molar-refractivity contribution in [1.29, 1.82) is 0 Å². The van der Waals surface area contributed by atoms with E-state index in [-0.39, 0.29) is 23.9 Å². The van der Waals surface area contributed by atoms with Crippen LogP contribution in [0.15, 0.2) is 29.2 Å². The Morgan fingerprint density at radius 1 is 1.24 bits per heavy atom. The number of likely N-dealkylation sites (N-methyl/N-ethyl adjacent to an activating group) is 1. The van der Waals surface area contributed by atoms with E-state index in [1.165, 1.54) is 24.3 Å². The van der Waals surface area contributed by atoms with Crippen LogP contribution in [0.1, 0.15) is 27.7 Å². The van der Waals surface area contributed by atoms with Gasteiger partial charge in [0.25, 0.3) is 0 Å². The molecule has 0 saturated heterocycles. The van der Waals surface area contributed by atoms with Crippen LogP contribution in [0.2, 0.25) is 5.02 Å². The first kappa shape index (κ1) is 17.9. The van der Waals surface area contributed by atoms with Crippen molar-refractivity contribution in [3.05, 3.63) is 29.3 Å². The van der Waals surface area contributed by atoms with Crippen molar-refractivity contribution in [3.63, 3.8) is 0 Å². The molecule has 0 spiro atoms. The maximum Gasteiger partial charge on any atom is 0.243 e. The Morgan fingerprint density at radius 3 is 2.19 bits per heavy atom. The molecule has 0 bridgehead atoms. The van der Waals surface area contributed by atoms with Crippen LogP contribution < -0.4 is 5.32 Å². The second kappa shape index (κ2) is 6.77. The van der Waals surface area contributed by atoms with Gasteiger partial charge >= 0.3 is 0 Å². The van der Waals surface area contributed by atoms with Gasteiger partial charge in [-0.15, -0.1) is 0 Å². The Labute approximate surface area is 131 Å². The van der Waals surface area contributed by atoms with Crippen LogP contribution >= 0.6 is 11.6 Å². The molecule has 1 aromatic rings. The molecule has 5 nitrogen and oxygen atoms in total. The zero-order valence-electron chi connectivity index (χ0n) is 12.7. The minimum atomic E-state index is -3.70. The number of benzene rings is 1. The van der Waals surface area contributed by atoms with E-state index in [0.29, 0.717) is 5.02 Å². The lowest BCUT2D eigenvalue weighted by Crippen LogP contribution is -2.47. The molecule has 0 fully saturated rings. The van der Waals surface area contributed by atoms with Gasteiger partial charge in [-0.05, 0) is 45.0 Å². The highest BCUT2D eigenvalue weighted by Crippen LogP contribution is 2.18. The molecule has 118 valence electrons. The van der Waals surface area contributed by atoms with Crippen LogP contribution in [-0.2, 0) is 14.8 Å². The number of hydrogen-bond donors (Lipinski definition) is 1. The number of carbonyl (C=O) groups is 1. The van der Waals surface area contributed by atoms with Crippen LogP contribution in [-0.4, -0.2) is 37.3 Å². The third-order valence-electron chi connectivity index (χ3n) is 2.64. The molecular formula is C14H21ClN2O3S. The molecule has 0 aliphatic heterocycles. The standard InChI is InChI=1S/C14H21ClN2O3S/c1-5-17(10-13(18)16-14(2,3)4)21(19,20)12-8-6-11(15)7-9-12/h6-9H,5,10H2,1-4H3,(H,16,18). The van der Waals surface area contributed by atoms with E-state index in [2.05, 4.69) is 5.32 Å². The van der Waals surface area contributed by atoms with E-state index in [9.17, 15) is 13.2 Å². The first-order valence-electron chi connectivity index (χ1n) is 6.63. The van der Waals surface area contributed by atoms with Crippen molar-refractivity contribution in [2.45, 2.75) is 38.1 Å². The first-order valence-corrected chi connectivity index (χ1v) is 8.45. The highest BCUT2D eigenvalue weighted by atomic mass is 35.5. The molecule has 0 aromatic heterocycles. The highest BCUT2D eigenvalue weighted by molar-refractivity contribution is 7.89. The van der Waals surface area contributed by atoms with Crippen LogP contribution in [0.4, 0.5) is 0 Å². The summed E-state index contributed by atoms with van der Waals surface area (Å²) in [6, 6.07) is 5.89. The third kappa shape index (κ3) is 5.30. The van der Waals surface area contributed by atoms with Crippen molar-refractivity contribution in [2.75, 3.05) is 13.1 Å². The van der Waals surface area contributed by atoms with Gasteiger partial charge in [0, 0.05) is 17.1 Å². The number of sulfonamides is 1. The summed E-state index contributed by atoms with van der Waals surface area (Å²) < 4.78 is 26.1. The zero-order chi connectivity index (χ0) is 16.3. The summed E-state index contributed by atoms with van der Waals surface area (Å²) in [5.41, 5.74) is -0.402. The van der Waals surface area contributed by atoms with E-state index < -0.39 is 15.6 Å². The fraction of sp³-hybridized carbons (Fsp3) is 0.500. The molecule has 1 amide bonds. The predicted octanol–water partition coefficient (Wildman–Crippen LogP) is 2.27. The van der Waals surface area contributed by atoms with Crippen LogP contribution in [0.3, 0.4) is 0 Å². The number of rotatable bonds is 5. The summed E-state index contributed by atoms with van der Waals surface area (Å²) in [4.78, 5) is 12.0. The second-order valence-corrected chi connectivity index (χ2v) is 8.06. The summed E-state index contributed by atoms with van der Waals surface area (Å²) >= 11 is 5.76. The lowest BCUT2D eigenvalue weighted by Gasteiger charge is -2.24. The molecule has 0 aliphatic rings. The third-order valence-corrected chi connectivity index (χ3v) is 4.83. The van der Waals surface area contributed by atoms with Gasteiger partial charge in [0.2, 0.25) is 15.9 Å². The molecule has 1 N–H and O–H groups in total. The summed E-state index contributed by atoms with van der Waals surface area (Å²) in [6.45, 7) is 7.22. The molecule has 21 heavy (non-hydrogen) atoms. The average molecular weight is 333 g/mol. The number of carbonyl (C=O) groups excluding carboxylic acids is 1. The van der Waals surface area contributed by atoms with E-state index in [1.54, 1.807) is 6.92 Å². The molecule has 0 aliphatic carbocycles. The van der Waals surface area contributed by atoms with Gasteiger partial charge in [-0.2, -0.15) is 4.31 Å². The van der Waals surface area contributed by atoms with Crippen LogP contribution in [0.5, 0.6) is 0 Å². The Kier molecular flexibility index (Phi) is 5.78. The molecule has 0 saturated carbocycles. The number of nitrogens with zero attached hydrogens (tertiary/aromatic N) is 1. The smallest absolute Gasteiger partial charge is 0.243 e. The molecule has 0 radical (unpaired) electrons. The predicted molar refractivity (Wildman–Crippen MR) is 83.8 cm³/mol. The minimum absolute atomic E-state index is 0.123. The Balaban J connectivity index is 2.93. The molecule has 1 aromatic carbocycles. The zero-order valence-corrected chi connectivity index (χ0v) is 14.3. The van der Waals surface area contributed by atoms with Gasteiger partial charge in [0.1, 0.15) is 0 Å². The number of nitrogens with one attached hydrogen (secondary N) is 1. The maximum absolute atomic E-state index is 12.5. The average Bonchev–Trinajstić information content (AvgIpc) is 2.34. The molecule has 0 heterocycles. The highest BCUT2D eigenvalue weighted by Gasteiger charge is 2.26. The van der Waals surface area contributed by atoms with Crippen LogP contribution in [0.25, 0.3) is 0 Å². The maximum atomic E-state index is 12.5. The Hall–Kier alpha value is -1.11. The number of halogens is 1. The van der Waals surface area contributed by atoms with E-state index in [4.69, 9.17) is 11.6 Å². The van der Waals surface area contributed by atoms with Gasteiger partial charge in [0.15, 0.2) is 0 Å². The quantitative estimate of drug-likeness (QED) is 0.899. The SMILES string of the molecule is CCN(CC(=O)NC(C)(C)C)S(=O)(=O)c1ccc(Cl)cc1. The second-order valence-electron chi connectivity index (χ2n) is 5.68. The van der Waals surface area contributed by atoms with E-state index >= 15 is 0 Å². The van der Waals surface area contributed by atoms with Crippen molar-refractivity contribution in [2.24, 2.45) is 0 Å². The van der Waals surface area contributed by atoms with Crippen molar-refractivity contribution in [1.82, 2.24) is 9.62 Å². The topological polar surface area (TPSA) is 66.5 Å². The fourth-order valence-corrected chi connectivity index (χ4v) is 3.27. The van der Waals surface area contributed by atoms with E-state index in [1.807, 2.05) is 20.8 Å².